The average Bonchev–Trinajstić information content (AvgIpc) is 3.16. The van der Waals surface area contributed by atoms with Crippen LogP contribution in [-0.4, -0.2) is 24.7 Å². The normalized spacial score (nSPS) is 32.9. The van der Waals surface area contributed by atoms with Gasteiger partial charge >= 0.3 is 5.97 Å². The van der Waals surface area contributed by atoms with Crippen LogP contribution in [0, 0.1) is 11.8 Å². The van der Waals surface area contributed by atoms with Gasteiger partial charge in [-0.15, -0.1) is 0 Å². The Hall–Kier alpha value is -0.570. The summed E-state index contributed by atoms with van der Waals surface area (Å²) in [5, 5.41) is 3.57. The molecule has 0 bridgehead atoms. The molecule has 18 heavy (non-hydrogen) atoms. The third-order valence-corrected chi connectivity index (χ3v) is 4.46. The van der Waals surface area contributed by atoms with Gasteiger partial charge in [0.1, 0.15) is 5.54 Å². The van der Waals surface area contributed by atoms with Crippen LogP contribution in [0.5, 0.6) is 0 Å². The zero-order chi connectivity index (χ0) is 13.0. The molecule has 2 fully saturated rings. The van der Waals surface area contributed by atoms with E-state index < -0.39 is 0 Å². The molecule has 3 nitrogen and oxygen atoms in total. The summed E-state index contributed by atoms with van der Waals surface area (Å²) < 4.78 is 5.33. The molecule has 0 amide bonds. The van der Waals surface area contributed by atoms with E-state index in [0.29, 0.717) is 6.61 Å². The van der Waals surface area contributed by atoms with Gasteiger partial charge in [0.2, 0.25) is 0 Å². The highest BCUT2D eigenvalue weighted by atomic mass is 16.5. The molecule has 0 aromatic rings. The Morgan fingerprint density at radius 3 is 2.72 bits per heavy atom. The van der Waals surface area contributed by atoms with Crippen molar-refractivity contribution in [2.45, 2.75) is 64.3 Å². The first-order valence-electron chi connectivity index (χ1n) is 7.58. The van der Waals surface area contributed by atoms with Gasteiger partial charge in [0, 0.05) is 0 Å². The van der Waals surface area contributed by atoms with Gasteiger partial charge in [0.25, 0.3) is 0 Å². The third-order valence-electron chi connectivity index (χ3n) is 4.46. The SMILES string of the molecule is CCOC(=O)C1(NCC2CC2)CCCC(C)CC1. The van der Waals surface area contributed by atoms with Gasteiger partial charge < -0.3 is 10.1 Å². The fourth-order valence-corrected chi connectivity index (χ4v) is 2.90. The van der Waals surface area contributed by atoms with Gasteiger partial charge in [-0.3, -0.25) is 4.79 Å². The fourth-order valence-electron chi connectivity index (χ4n) is 2.90. The molecule has 104 valence electrons. The lowest BCUT2D eigenvalue weighted by atomic mass is 9.89. The molecule has 0 spiro atoms. The number of nitrogens with one attached hydrogen (secondary N) is 1. The van der Waals surface area contributed by atoms with Crippen molar-refractivity contribution in [3.8, 4) is 0 Å². The quantitative estimate of drug-likeness (QED) is 0.605. The summed E-state index contributed by atoms with van der Waals surface area (Å²) in [6, 6.07) is 0. The summed E-state index contributed by atoms with van der Waals surface area (Å²) in [7, 11) is 0. The zero-order valence-corrected chi connectivity index (χ0v) is 11.8. The second kappa shape index (κ2) is 6.05. The molecule has 0 aliphatic heterocycles. The van der Waals surface area contributed by atoms with Crippen LogP contribution in [0.1, 0.15) is 58.8 Å². The van der Waals surface area contributed by atoms with Gasteiger partial charge in [-0.1, -0.05) is 19.8 Å². The Bertz CT molecular complexity index is 288. The molecular weight excluding hydrogens is 226 g/mol. The monoisotopic (exact) mass is 253 g/mol. The Kier molecular flexibility index (Phi) is 4.66. The van der Waals surface area contributed by atoms with Crippen molar-refractivity contribution in [1.82, 2.24) is 5.32 Å². The maximum absolute atomic E-state index is 12.3. The highest BCUT2D eigenvalue weighted by molar-refractivity contribution is 5.81. The second-order valence-corrected chi connectivity index (χ2v) is 6.16. The van der Waals surface area contributed by atoms with Crippen LogP contribution in [0.2, 0.25) is 0 Å². The Labute approximate surface area is 111 Å². The van der Waals surface area contributed by atoms with E-state index in [-0.39, 0.29) is 11.5 Å². The molecule has 0 heterocycles. The fraction of sp³-hybridized carbons (Fsp3) is 0.933. The maximum atomic E-state index is 12.3. The van der Waals surface area contributed by atoms with Crippen LogP contribution in [0.15, 0.2) is 0 Å². The lowest BCUT2D eigenvalue weighted by Crippen LogP contribution is -2.53. The van der Waals surface area contributed by atoms with E-state index in [1.165, 1.54) is 19.3 Å². The Morgan fingerprint density at radius 1 is 1.28 bits per heavy atom. The van der Waals surface area contributed by atoms with E-state index in [1.807, 2.05) is 6.92 Å². The molecule has 2 rings (SSSR count). The molecule has 2 saturated carbocycles. The number of hydrogen-bond acceptors (Lipinski definition) is 3. The summed E-state index contributed by atoms with van der Waals surface area (Å²) in [6.07, 6.45) is 8.05. The van der Waals surface area contributed by atoms with Gasteiger partial charge in [0.15, 0.2) is 0 Å². The standard InChI is InChI=1S/C15H27NO2/c1-3-18-14(17)15(16-11-13-6-7-13)9-4-5-12(2)8-10-15/h12-13,16H,3-11H2,1-2H3. The molecule has 0 radical (unpaired) electrons. The highest BCUT2D eigenvalue weighted by Crippen LogP contribution is 2.34. The number of carbonyl (C=O) groups is 1. The van der Waals surface area contributed by atoms with Gasteiger partial charge in [-0.05, 0) is 57.4 Å². The van der Waals surface area contributed by atoms with Crippen molar-refractivity contribution >= 4 is 5.97 Å². The first kappa shape index (κ1) is 13.9. The molecule has 1 N–H and O–H groups in total. The van der Waals surface area contributed by atoms with Crippen molar-refractivity contribution in [2.75, 3.05) is 13.2 Å². The third kappa shape index (κ3) is 3.47. The summed E-state index contributed by atoms with van der Waals surface area (Å²) in [6.45, 7) is 5.67. The summed E-state index contributed by atoms with van der Waals surface area (Å²) in [5.74, 6) is 1.53. The average molecular weight is 253 g/mol. The van der Waals surface area contributed by atoms with Gasteiger partial charge in [-0.2, -0.15) is 0 Å². The second-order valence-electron chi connectivity index (χ2n) is 6.16. The zero-order valence-electron chi connectivity index (χ0n) is 11.8. The van der Waals surface area contributed by atoms with Gasteiger partial charge in [-0.25, -0.2) is 0 Å². The number of esters is 1. The van der Waals surface area contributed by atoms with Crippen molar-refractivity contribution in [1.29, 1.82) is 0 Å². The number of hydrogen-bond donors (Lipinski definition) is 1. The minimum atomic E-state index is -0.386. The molecule has 3 heteroatoms. The van der Waals surface area contributed by atoms with Crippen LogP contribution >= 0.6 is 0 Å². The van der Waals surface area contributed by atoms with Crippen LogP contribution < -0.4 is 5.32 Å². The predicted molar refractivity (Wildman–Crippen MR) is 72.3 cm³/mol. The Morgan fingerprint density at radius 2 is 2.06 bits per heavy atom. The first-order valence-corrected chi connectivity index (χ1v) is 7.58. The largest absolute Gasteiger partial charge is 0.465 e. The predicted octanol–water partition coefficient (Wildman–Crippen LogP) is 2.89. The molecule has 0 aromatic carbocycles. The molecule has 0 saturated heterocycles. The van der Waals surface area contributed by atoms with Crippen LogP contribution in [0.25, 0.3) is 0 Å². The number of ether oxygens (including phenoxy) is 1. The lowest BCUT2D eigenvalue weighted by Gasteiger charge is -2.31. The van der Waals surface area contributed by atoms with E-state index in [1.54, 1.807) is 0 Å². The van der Waals surface area contributed by atoms with E-state index >= 15 is 0 Å². The van der Waals surface area contributed by atoms with E-state index in [2.05, 4.69) is 12.2 Å². The van der Waals surface area contributed by atoms with Crippen LogP contribution in [0.3, 0.4) is 0 Å². The summed E-state index contributed by atoms with van der Waals surface area (Å²) >= 11 is 0. The number of rotatable bonds is 5. The highest BCUT2D eigenvalue weighted by Gasteiger charge is 2.41. The molecule has 0 aromatic heterocycles. The van der Waals surface area contributed by atoms with Crippen molar-refractivity contribution in [3.05, 3.63) is 0 Å². The molecule has 2 aliphatic carbocycles. The minimum absolute atomic E-state index is 0.0141. The van der Waals surface area contributed by atoms with Crippen molar-refractivity contribution in [3.63, 3.8) is 0 Å². The molecule has 2 aliphatic rings. The van der Waals surface area contributed by atoms with Crippen LogP contribution in [-0.2, 0) is 9.53 Å². The summed E-state index contributed by atoms with van der Waals surface area (Å²) in [5.41, 5.74) is -0.386. The van der Waals surface area contributed by atoms with E-state index in [0.717, 1.165) is 44.1 Å². The first-order chi connectivity index (χ1) is 8.66. The Balaban J connectivity index is 2.01. The van der Waals surface area contributed by atoms with E-state index in [4.69, 9.17) is 4.74 Å². The van der Waals surface area contributed by atoms with Crippen molar-refractivity contribution in [2.24, 2.45) is 11.8 Å². The molecule has 2 unspecified atom stereocenters. The summed E-state index contributed by atoms with van der Waals surface area (Å²) in [4.78, 5) is 12.3. The molecular formula is C15H27NO2. The van der Waals surface area contributed by atoms with E-state index in [9.17, 15) is 4.79 Å². The lowest BCUT2D eigenvalue weighted by molar-refractivity contribution is -0.152. The number of carbonyl (C=O) groups excluding carboxylic acids is 1. The minimum Gasteiger partial charge on any atom is -0.465 e. The maximum Gasteiger partial charge on any atom is 0.326 e. The van der Waals surface area contributed by atoms with Crippen LogP contribution in [0.4, 0.5) is 0 Å². The van der Waals surface area contributed by atoms with Gasteiger partial charge in [0.05, 0.1) is 6.61 Å². The smallest absolute Gasteiger partial charge is 0.326 e. The topological polar surface area (TPSA) is 38.3 Å². The van der Waals surface area contributed by atoms with Crippen molar-refractivity contribution < 1.29 is 9.53 Å². The molecule has 2 atom stereocenters.